The molecule has 2 N–H and O–H groups in total. The van der Waals surface area contributed by atoms with Gasteiger partial charge in [0.2, 0.25) is 0 Å². The SMILES string of the molecule is COc1ccc(-c2cc(CN)ccc2F)cc1Cl. The van der Waals surface area contributed by atoms with Crippen LogP contribution in [0.25, 0.3) is 11.1 Å². The molecule has 2 aromatic carbocycles. The minimum absolute atomic E-state index is 0.298. The molecule has 18 heavy (non-hydrogen) atoms. The molecule has 0 fully saturated rings. The first-order valence-corrected chi connectivity index (χ1v) is 5.86. The first-order valence-electron chi connectivity index (χ1n) is 5.48. The molecule has 0 aromatic heterocycles. The summed E-state index contributed by atoms with van der Waals surface area (Å²) in [7, 11) is 1.54. The first-order chi connectivity index (χ1) is 8.65. The van der Waals surface area contributed by atoms with Gasteiger partial charge in [0.15, 0.2) is 0 Å². The lowest BCUT2D eigenvalue weighted by molar-refractivity contribution is 0.415. The Hall–Kier alpha value is -1.58. The van der Waals surface area contributed by atoms with Crippen LogP contribution < -0.4 is 10.5 Å². The maximum absolute atomic E-state index is 13.8. The van der Waals surface area contributed by atoms with Crippen molar-refractivity contribution in [1.82, 2.24) is 0 Å². The lowest BCUT2D eigenvalue weighted by atomic mass is 10.0. The highest BCUT2D eigenvalue weighted by atomic mass is 35.5. The average Bonchev–Trinajstić information content (AvgIpc) is 2.39. The minimum Gasteiger partial charge on any atom is -0.495 e. The van der Waals surface area contributed by atoms with E-state index in [0.717, 1.165) is 5.56 Å². The van der Waals surface area contributed by atoms with E-state index in [0.29, 0.717) is 28.4 Å². The molecule has 0 heterocycles. The van der Waals surface area contributed by atoms with Crippen LogP contribution in [0.3, 0.4) is 0 Å². The van der Waals surface area contributed by atoms with Crippen LogP contribution in [0, 0.1) is 5.82 Å². The maximum Gasteiger partial charge on any atom is 0.137 e. The molecule has 0 saturated carbocycles. The fraction of sp³-hybridized carbons (Fsp3) is 0.143. The van der Waals surface area contributed by atoms with Gasteiger partial charge in [-0.1, -0.05) is 23.7 Å². The van der Waals surface area contributed by atoms with Gasteiger partial charge in [0.25, 0.3) is 0 Å². The summed E-state index contributed by atoms with van der Waals surface area (Å²) in [5, 5.41) is 0.451. The van der Waals surface area contributed by atoms with Crippen molar-refractivity contribution in [2.75, 3.05) is 7.11 Å². The van der Waals surface area contributed by atoms with Crippen molar-refractivity contribution in [1.29, 1.82) is 0 Å². The highest BCUT2D eigenvalue weighted by Gasteiger charge is 2.08. The van der Waals surface area contributed by atoms with Crippen LogP contribution in [0.4, 0.5) is 4.39 Å². The quantitative estimate of drug-likeness (QED) is 0.920. The third kappa shape index (κ3) is 2.47. The predicted octanol–water partition coefficient (Wildman–Crippen LogP) is 3.61. The molecule has 0 atom stereocenters. The Labute approximate surface area is 110 Å². The van der Waals surface area contributed by atoms with Gasteiger partial charge in [-0.2, -0.15) is 0 Å². The first kappa shape index (κ1) is 12.9. The summed E-state index contributed by atoms with van der Waals surface area (Å²) in [6.07, 6.45) is 0. The number of nitrogens with two attached hydrogens (primary N) is 1. The van der Waals surface area contributed by atoms with Gasteiger partial charge >= 0.3 is 0 Å². The van der Waals surface area contributed by atoms with Gasteiger partial charge in [-0.15, -0.1) is 0 Å². The van der Waals surface area contributed by atoms with Crippen LogP contribution >= 0.6 is 11.6 Å². The van der Waals surface area contributed by atoms with Crippen LogP contribution in [-0.4, -0.2) is 7.11 Å². The van der Waals surface area contributed by atoms with Gasteiger partial charge in [0, 0.05) is 12.1 Å². The van der Waals surface area contributed by atoms with Gasteiger partial charge in [-0.25, -0.2) is 4.39 Å². The molecule has 0 spiro atoms. The monoisotopic (exact) mass is 265 g/mol. The van der Waals surface area contributed by atoms with Crippen molar-refractivity contribution in [3.05, 3.63) is 52.8 Å². The van der Waals surface area contributed by atoms with E-state index < -0.39 is 0 Å². The van der Waals surface area contributed by atoms with Gasteiger partial charge in [-0.05, 0) is 35.4 Å². The maximum atomic E-state index is 13.8. The van der Waals surface area contributed by atoms with E-state index >= 15 is 0 Å². The number of halogens is 2. The van der Waals surface area contributed by atoms with Gasteiger partial charge in [-0.3, -0.25) is 0 Å². The second kappa shape index (κ2) is 5.38. The van der Waals surface area contributed by atoms with Crippen molar-refractivity contribution in [3.63, 3.8) is 0 Å². The van der Waals surface area contributed by atoms with Crippen molar-refractivity contribution in [2.45, 2.75) is 6.54 Å². The largest absolute Gasteiger partial charge is 0.495 e. The summed E-state index contributed by atoms with van der Waals surface area (Å²) in [5.74, 6) is 0.268. The van der Waals surface area contributed by atoms with Gasteiger partial charge in [0.05, 0.1) is 12.1 Å². The zero-order chi connectivity index (χ0) is 13.1. The molecule has 0 saturated heterocycles. The molecule has 0 radical (unpaired) electrons. The summed E-state index contributed by atoms with van der Waals surface area (Å²) in [4.78, 5) is 0. The average molecular weight is 266 g/mol. The van der Waals surface area contributed by atoms with E-state index in [-0.39, 0.29) is 5.82 Å². The Bertz CT molecular complexity index is 572. The van der Waals surface area contributed by atoms with E-state index in [1.165, 1.54) is 13.2 Å². The Morgan fingerprint density at radius 2 is 2.00 bits per heavy atom. The second-order valence-corrected chi connectivity index (χ2v) is 4.27. The fourth-order valence-corrected chi connectivity index (χ4v) is 2.01. The Morgan fingerprint density at radius 1 is 1.22 bits per heavy atom. The summed E-state index contributed by atoms with van der Waals surface area (Å²) in [6.45, 7) is 0.372. The normalized spacial score (nSPS) is 10.4. The number of ether oxygens (including phenoxy) is 1. The third-order valence-corrected chi connectivity index (χ3v) is 3.02. The highest BCUT2D eigenvalue weighted by Crippen LogP contribution is 2.31. The molecule has 4 heteroatoms. The van der Waals surface area contributed by atoms with Crippen molar-refractivity contribution < 1.29 is 9.13 Å². The smallest absolute Gasteiger partial charge is 0.137 e. The van der Waals surface area contributed by atoms with Crippen molar-refractivity contribution >= 4 is 11.6 Å². The molecule has 0 aliphatic rings. The molecule has 2 rings (SSSR count). The van der Waals surface area contributed by atoms with Gasteiger partial charge < -0.3 is 10.5 Å². The standard InChI is InChI=1S/C14H13ClFNO/c1-18-14-5-3-10(7-12(14)15)11-6-9(8-17)2-4-13(11)16/h2-7H,8,17H2,1H3. The van der Waals surface area contributed by atoms with E-state index in [1.807, 2.05) is 0 Å². The van der Waals surface area contributed by atoms with Crippen molar-refractivity contribution in [2.24, 2.45) is 5.73 Å². The molecule has 2 aromatic rings. The number of hydrogen-bond donors (Lipinski definition) is 1. The lowest BCUT2D eigenvalue weighted by Crippen LogP contribution is -1.97. The van der Waals surface area contributed by atoms with E-state index in [1.54, 1.807) is 30.3 Å². The third-order valence-electron chi connectivity index (χ3n) is 2.73. The number of benzene rings is 2. The van der Waals surface area contributed by atoms with Gasteiger partial charge in [0.1, 0.15) is 11.6 Å². The molecule has 0 amide bonds. The van der Waals surface area contributed by atoms with Crippen LogP contribution in [-0.2, 0) is 6.54 Å². The van der Waals surface area contributed by atoms with Crippen LogP contribution in [0.2, 0.25) is 5.02 Å². The van der Waals surface area contributed by atoms with Crippen LogP contribution in [0.15, 0.2) is 36.4 Å². The van der Waals surface area contributed by atoms with Crippen LogP contribution in [0.1, 0.15) is 5.56 Å². The lowest BCUT2D eigenvalue weighted by Gasteiger charge is -2.08. The predicted molar refractivity (Wildman–Crippen MR) is 71.3 cm³/mol. The summed E-state index contributed by atoms with van der Waals surface area (Å²) < 4.78 is 18.9. The molecule has 0 bridgehead atoms. The number of hydrogen-bond acceptors (Lipinski definition) is 2. The van der Waals surface area contributed by atoms with Crippen molar-refractivity contribution in [3.8, 4) is 16.9 Å². The summed E-state index contributed by atoms with van der Waals surface area (Å²) >= 11 is 6.03. The summed E-state index contributed by atoms with van der Waals surface area (Å²) in [6, 6.07) is 9.97. The number of rotatable bonds is 3. The van der Waals surface area contributed by atoms with Crippen LogP contribution in [0.5, 0.6) is 5.75 Å². The molecule has 2 nitrogen and oxygen atoms in total. The zero-order valence-corrected chi connectivity index (χ0v) is 10.7. The Morgan fingerprint density at radius 3 is 2.61 bits per heavy atom. The Kier molecular flexibility index (Phi) is 3.84. The molecule has 94 valence electrons. The van der Waals surface area contributed by atoms with E-state index in [4.69, 9.17) is 22.1 Å². The van der Waals surface area contributed by atoms with E-state index in [9.17, 15) is 4.39 Å². The topological polar surface area (TPSA) is 35.2 Å². The zero-order valence-electron chi connectivity index (χ0n) is 9.91. The molecular formula is C14H13ClFNO. The summed E-state index contributed by atoms with van der Waals surface area (Å²) in [5.41, 5.74) is 7.62. The minimum atomic E-state index is -0.298. The number of methoxy groups -OCH3 is 1. The fourth-order valence-electron chi connectivity index (χ4n) is 1.75. The molecular weight excluding hydrogens is 253 g/mol. The second-order valence-electron chi connectivity index (χ2n) is 3.87. The Balaban J connectivity index is 2.51. The molecule has 0 aliphatic heterocycles. The molecule has 0 aliphatic carbocycles. The van der Waals surface area contributed by atoms with E-state index in [2.05, 4.69) is 0 Å². The molecule has 0 unspecified atom stereocenters. The highest BCUT2D eigenvalue weighted by molar-refractivity contribution is 6.32.